The number of fused-ring (bicyclic) bond motifs is 1. The Labute approximate surface area is 126 Å². The summed E-state index contributed by atoms with van der Waals surface area (Å²) in [6.07, 6.45) is 0. The minimum atomic E-state index is -1.25. The molecule has 0 fully saturated rings. The van der Waals surface area contributed by atoms with Crippen LogP contribution in [0, 0.1) is 6.92 Å². The fourth-order valence-electron chi connectivity index (χ4n) is 2.15. The van der Waals surface area contributed by atoms with Crippen molar-refractivity contribution >= 4 is 5.91 Å². The Morgan fingerprint density at radius 2 is 2.14 bits per heavy atom. The second-order valence-electron chi connectivity index (χ2n) is 5.35. The van der Waals surface area contributed by atoms with Gasteiger partial charge in [-0.15, -0.1) is 0 Å². The van der Waals surface area contributed by atoms with Crippen LogP contribution in [-0.4, -0.2) is 29.5 Å². The van der Waals surface area contributed by atoms with Gasteiger partial charge >= 0.3 is 0 Å². The van der Waals surface area contributed by atoms with Crippen LogP contribution in [0.1, 0.15) is 28.7 Å². The number of carbonyl (C=O) groups excluding carboxylic acids is 1. The van der Waals surface area contributed by atoms with Gasteiger partial charge in [0.25, 0.3) is 5.91 Å². The van der Waals surface area contributed by atoms with Crippen molar-refractivity contribution in [2.45, 2.75) is 19.4 Å². The lowest BCUT2D eigenvalue weighted by Crippen LogP contribution is -2.38. The lowest BCUT2D eigenvalue weighted by Gasteiger charge is -2.24. The van der Waals surface area contributed by atoms with Gasteiger partial charge in [-0.2, -0.15) is 0 Å². The van der Waals surface area contributed by atoms with E-state index < -0.39 is 11.5 Å². The number of aryl methyl sites for hydroxylation is 1. The van der Waals surface area contributed by atoms with Gasteiger partial charge < -0.3 is 24.4 Å². The zero-order valence-corrected chi connectivity index (χ0v) is 12.3. The van der Waals surface area contributed by atoms with Crippen molar-refractivity contribution in [3.63, 3.8) is 0 Å². The number of carbonyl (C=O) groups is 1. The van der Waals surface area contributed by atoms with Crippen molar-refractivity contribution in [2.75, 3.05) is 13.3 Å². The first kappa shape index (κ1) is 14.4. The van der Waals surface area contributed by atoms with Gasteiger partial charge in [0.1, 0.15) is 11.4 Å². The number of nitrogens with one attached hydrogen (secondary N) is 1. The van der Waals surface area contributed by atoms with Crippen LogP contribution < -0.4 is 14.8 Å². The summed E-state index contributed by atoms with van der Waals surface area (Å²) in [7, 11) is 0. The number of amides is 1. The Morgan fingerprint density at radius 3 is 2.86 bits per heavy atom. The van der Waals surface area contributed by atoms with Gasteiger partial charge in [-0.1, -0.05) is 11.2 Å². The molecular weight excluding hydrogens is 288 g/mol. The van der Waals surface area contributed by atoms with Crippen molar-refractivity contribution in [3.05, 3.63) is 41.3 Å². The van der Waals surface area contributed by atoms with Crippen LogP contribution in [0.4, 0.5) is 0 Å². The first-order valence-corrected chi connectivity index (χ1v) is 6.80. The van der Waals surface area contributed by atoms with E-state index in [2.05, 4.69) is 10.5 Å². The maximum Gasteiger partial charge on any atom is 0.273 e. The van der Waals surface area contributed by atoms with Crippen molar-refractivity contribution in [3.8, 4) is 11.5 Å². The average molecular weight is 304 g/mol. The highest BCUT2D eigenvalue weighted by molar-refractivity contribution is 5.92. The highest BCUT2D eigenvalue weighted by Crippen LogP contribution is 2.35. The molecule has 1 amide bonds. The Kier molecular flexibility index (Phi) is 3.50. The molecule has 1 aliphatic rings. The van der Waals surface area contributed by atoms with E-state index in [0.29, 0.717) is 22.8 Å². The average Bonchev–Trinajstić information content (AvgIpc) is 3.12. The van der Waals surface area contributed by atoms with E-state index in [-0.39, 0.29) is 19.0 Å². The molecule has 2 heterocycles. The molecule has 3 rings (SSSR count). The molecule has 1 aromatic heterocycles. The lowest BCUT2D eigenvalue weighted by molar-refractivity contribution is 0.0522. The third kappa shape index (κ3) is 2.75. The summed E-state index contributed by atoms with van der Waals surface area (Å²) in [4.78, 5) is 11.9. The Morgan fingerprint density at radius 1 is 1.36 bits per heavy atom. The van der Waals surface area contributed by atoms with Gasteiger partial charge in [-0.05, 0) is 31.5 Å². The Bertz CT molecular complexity index is 708. The normalized spacial score (nSPS) is 15.4. The number of rotatable bonds is 4. The number of hydrogen-bond donors (Lipinski definition) is 2. The number of aliphatic hydroxyl groups is 1. The van der Waals surface area contributed by atoms with Crippen molar-refractivity contribution in [1.29, 1.82) is 0 Å². The summed E-state index contributed by atoms with van der Waals surface area (Å²) in [5, 5.41) is 16.8. The molecule has 0 saturated heterocycles. The highest BCUT2D eigenvalue weighted by atomic mass is 16.7. The summed E-state index contributed by atoms with van der Waals surface area (Å²) >= 11 is 0. The number of benzene rings is 1. The van der Waals surface area contributed by atoms with Gasteiger partial charge in [0.15, 0.2) is 17.2 Å². The molecule has 0 bridgehead atoms. The summed E-state index contributed by atoms with van der Waals surface area (Å²) < 4.78 is 15.4. The zero-order chi connectivity index (χ0) is 15.7. The first-order chi connectivity index (χ1) is 10.5. The van der Waals surface area contributed by atoms with Crippen molar-refractivity contribution < 1.29 is 23.9 Å². The quantitative estimate of drug-likeness (QED) is 0.885. The number of nitrogens with zero attached hydrogens (tertiary/aromatic N) is 1. The van der Waals surface area contributed by atoms with E-state index in [1.54, 1.807) is 32.0 Å². The highest BCUT2D eigenvalue weighted by Gasteiger charge is 2.27. The second-order valence-corrected chi connectivity index (χ2v) is 5.35. The number of hydrogen-bond acceptors (Lipinski definition) is 6. The van der Waals surface area contributed by atoms with Gasteiger partial charge in [-0.3, -0.25) is 4.79 Å². The molecule has 1 unspecified atom stereocenters. The van der Waals surface area contributed by atoms with Crippen LogP contribution in [0.25, 0.3) is 0 Å². The monoisotopic (exact) mass is 304 g/mol. The molecule has 1 atom stereocenters. The fourth-order valence-corrected chi connectivity index (χ4v) is 2.15. The maximum atomic E-state index is 11.9. The molecule has 2 aromatic rings. The number of ether oxygens (including phenoxy) is 2. The summed E-state index contributed by atoms with van der Waals surface area (Å²) in [6.45, 7) is 3.51. The predicted molar refractivity (Wildman–Crippen MR) is 75.7 cm³/mol. The SMILES string of the molecule is Cc1cc(C(=O)NCC(C)(O)c2ccc3c(c2)OCO3)no1. The standard InChI is InChI=1S/C15H16N2O5/c1-9-5-11(17-22-9)14(18)16-7-15(2,19)10-3-4-12-13(6-10)21-8-20-12/h3-6,19H,7-8H2,1-2H3,(H,16,18). The van der Waals surface area contributed by atoms with Crippen LogP contribution in [0.3, 0.4) is 0 Å². The van der Waals surface area contributed by atoms with Crippen LogP contribution in [-0.2, 0) is 5.60 Å². The van der Waals surface area contributed by atoms with Crippen molar-refractivity contribution in [2.24, 2.45) is 0 Å². The molecule has 1 aliphatic heterocycles. The summed E-state index contributed by atoms with van der Waals surface area (Å²) in [5.74, 6) is 1.36. The Balaban J connectivity index is 1.69. The second kappa shape index (κ2) is 5.34. The van der Waals surface area contributed by atoms with E-state index in [1.165, 1.54) is 6.07 Å². The van der Waals surface area contributed by atoms with Crippen LogP contribution in [0.2, 0.25) is 0 Å². The third-order valence-corrected chi connectivity index (χ3v) is 3.45. The molecule has 0 saturated carbocycles. The van der Waals surface area contributed by atoms with Crippen LogP contribution in [0.15, 0.2) is 28.8 Å². The predicted octanol–water partition coefficient (Wildman–Crippen LogP) is 1.35. The van der Waals surface area contributed by atoms with Crippen LogP contribution in [0.5, 0.6) is 11.5 Å². The van der Waals surface area contributed by atoms with E-state index in [9.17, 15) is 9.90 Å². The van der Waals surface area contributed by atoms with Crippen LogP contribution >= 0.6 is 0 Å². The summed E-state index contributed by atoms with van der Waals surface area (Å²) in [6, 6.07) is 6.70. The molecule has 0 spiro atoms. The first-order valence-electron chi connectivity index (χ1n) is 6.80. The molecule has 1 aromatic carbocycles. The molecule has 7 heteroatoms. The minimum absolute atomic E-state index is 0.0252. The van der Waals surface area contributed by atoms with Gasteiger partial charge in [0.05, 0.1) is 6.54 Å². The molecule has 0 aliphatic carbocycles. The van der Waals surface area contributed by atoms with Gasteiger partial charge in [0, 0.05) is 6.07 Å². The van der Waals surface area contributed by atoms with E-state index in [1.807, 2.05) is 0 Å². The van der Waals surface area contributed by atoms with E-state index in [0.717, 1.165) is 0 Å². The van der Waals surface area contributed by atoms with E-state index >= 15 is 0 Å². The van der Waals surface area contributed by atoms with Gasteiger partial charge in [0.2, 0.25) is 6.79 Å². The molecule has 116 valence electrons. The minimum Gasteiger partial charge on any atom is -0.454 e. The molecule has 22 heavy (non-hydrogen) atoms. The maximum absolute atomic E-state index is 11.9. The molecule has 2 N–H and O–H groups in total. The van der Waals surface area contributed by atoms with Gasteiger partial charge in [-0.25, -0.2) is 0 Å². The smallest absolute Gasteiger partial charge is 0.273 e. The molecule has 0 radical (unpaired) electrons. The lowest BCUT2D eigenvalue weighted by atomic mass is 9.95. The molecule has 7 nitrogen and oxygen atoms in total. The third-order valence-electron chi connectivity index (χ3n) is 3.45. The summed E-state index contributed by atoms with van der Waals surface area (Å²) in [5.41, 5.74) is -0.456. The van der Waals surface area contributed by atoms with E-state index in [4.69, 9.17) is 14.0 Å². The van der Waals surface area contributed by atoms with Crippen molar-refractivity contribution in [1.82, 2.24) is 10.5 Å². The fraction of sp³-hybridized carbons (Fsp3) is 0.333. The Hall–Kier alpha value is -2.54. The molecular formula is C15H16N2O5. The largest absolute Gasteiger partial charge is 0.454 e. The number of aromatic nitrogens is 1. The zero-order valence-electron chi connectivity index (χ0n) is 12.3. The topological polar surface area (TPSA) is 93.8 Å².